The van der Waals surface area contributed by atoms with E-state index in [0.717, 1.165) is 10.0 Å². The van der Waals surface area contributed by atoms with Crippen LogP contribution < -0.4 is 0 Å². The second-order valence-electron chi connectivity index (χ2n) is 3.64. The molecule has 0 bridgehead atoms. The third-order valence-corrected chi connectivity index (χ3v) is 3.92. The Bertz CT molecular complexity index is 506. The molecule has 0 aliphatic heterocycles. The molecule has 86 valence electrons. The van der Waals surface area contributed by atoms with Crippen LogP contribution in [-0.2, 0) is 0 Å². The lowest BCUT2D eigenvalue weighted by Gasteiger charge is -2.09. The Balaban J connectivity index is 2.23. The zero-order valence-corrected chi connectivity index (χ0v) is 12.1. The highest BCUT2D eigenvalue weighted by Crippen LogP contribution is 2.27. The third kappa shape index (κ3) is 3.05. The molecule has 0 heterocycles. The molecule has 0 aliphatic carbocycles. The Morgan fingerprint density at radius 2 is 1.53 bits per heavy atom. The summed E-state index contributed by atoms with van der Waals surface area (Å²) in [5.74, 6) is 0.0729. The number of carbonyl (C=O) groups is 1. The maximum atomic E-state index is 12.2. The molecule has 0 spiro atoms. The van der Waals surface area contributed by atoms with Crippen molar-refractivity contribution in [3.8, 4) is 0 Å². The molecule has 3 heteroatoms. The quantitative estimate of drug-likeness (QED) is 0.573. The molecule has 1 atom stereocenters. The van der Waals surface area contributed by atoms with Gasteiger partial charge in [-0.3, -0.25) is 4.79 Å². The molecule has 2 aromatic carbocycles. The van der Waals surface area contributed by atoms with Gasteiger partial charge in [-0.25, -0.2) is 0 Å². The van der Waals surface area contributed by atoms with Crippen molar-refractivity contribution in [2.75, 3.05) is 0 Å². The van der Waals surface area contributed by atoms with Crippen LogP contribution in [0.3, 0.4) is 0 Å². The van der Waals surface area contributed by atoms with Gasteiger partial charge in [-0.1, -0.05) is 74.3 Å². The fraction of sp³-hybridized carbons (Fsp3) is 0.0714. The number of benzene rings is 2. The monoisotopic (exact) mass is 352 g/mol. The summed E-state index contributed by atoms with van der Waals surface area (Å²) in [7, 11) is 0. The van der Waals surface area contributed by atoms with Crippen LogP contribution in [-0.4, -0.2) is 5.78 Å². The lowest BCUT2D eigenvalue weighted by Crippen LogP contribution is -2.06. The molecule has 1 nitrogen and oxygen atoms in total. The van der Waals surface area contributed by atoms with Crippen LogP contribution in [0.2, 0.25) is 0 Å². The van der Waals surface area contributed by atoms with Gasteiger partial charge in [0.2, 0.25) is 0 Å². The number of ketones is 1. The molecule has 0 amide bonds. The van der Waals surface area contributed by atoms with Crippen molar-refractivity contribution >= 4 is 37.6 Å². The van der Waals surface area contributed by atoms with Crippen molar-refractivity contribution in [2.24, 2.45) is 0 Å². The molecule has 1 unspecified atom stereocenters. The predicted molar refractivity (Wildman–Crippen MR) is 76.6 cm³/mol. The smallest absolute Gasteiger partial charge is 0.180 e. The molecule has 2 rings (SSSR count). The van der Waals surface area contributed by atoms with Gasteiger partial charge in [-0.2, -0.15) is 0 Å². The standard InChI is InChI=1S/C14H10Br2O/c15-12-8-6-11(7-9-12)14(17)13(16)10-4-2-1-3-5-10/h1-9,13H. The zero-order chi connectivity index (χ0) is 12.3. The van der Waals surface area contributed by atoms with E-state index in [1.807, 2.05) is 54.6 Å². The fourth-order valence-corrected chi connectivity index (χ4v) is 2.37. The molecule has 17 heavy (non-hydrogen) atoms. The van der Waals surface area contributed by atoms with Gasteiger partial charge in [-0.05, 0) is 17.7 Å². The van der Waals surface area contributed by atoms with Gasteiger partial charge in [0.05, 0.1) is 0 Å². The summed E-state index contributed by atoms with van der Waals surface area (Å²) >= 11 is 6.80. The molecule has 0 saturated carbocycles. The molecule has 0 aromatic heterocycles. The molecule has 0 fully saturated rings. The molecule has 2 aromatic rings. The van der Waals surface area contributed by atoms with Crippen LogP contribution in [0.25, 0.3) is 0 Å². The lowest BCUT2D eigenvalue weighted by molar-refractivity contribution is 0.0991. The summed E-state index contributed by atoms with van der Waals surface area (Å²) in [4.78, 5) is 11.9. The number of halogens is 2. The van der Waals surface area contributed by atoms with E-state index < -0.39 is 0 Å². The average molecular weight is 354 g/mol. The summed E-state index contributed by atoms with van der Waals surface area (Å²) in [6.45, 7) is 0. The SMILES string of the molecule is O=C(c1ccc(Br)cc1)C(Br)c1ccccc1. The van der Waals surface area contributed by atoms with E-state index in [1.54, 1.807) is 0 Å². The van der Waals surface area contributed by atoms with Gasteiger partial charge in [0.15, 0.2) is 5.78 Å². The summed E-state index contributed by atoms with van der Waals surface area (Å²) in [5.41, 5.74) is 1.68. The highest BCUT2D eigenvalue weighted by Gasteiger charge is 2.18. The van der Waals surface area contributed by atoms with Gasteiger partial charge < -0.3 is 0 Å². The first kappa shape index (κ1) is 12.5. The van der Waals surface area contributed by atoms with Crippen LogP contribution >= 0.6 is 31.9 Å². The van der Waals surface area contributed by atoms with E-state index in [1.165, 1.54) is 0 Å². The Hall–Kier alpha value is -0.930. The minimum absolute atomic E-state index is 0.0729. The molecular weight excluding hydrogens is 344 g/mol. The van der Waals surface area contributed by atoms with Gasteiger partial charge in [-0.15, -0.1) is 0 Å². The Morgan fingerprint density at radius 3 is 2.12 bits per heavy atom. The van der Waals surface area contributed by atoms with Crippen molar-refractivity contribution < 1.29 is 4.79 Å². The highest BCUT2D eigenvalue weighted by molar-refractivity contribution is 9.10. The fourth-order valence-electron chi connectivity index (χ4n) is 1.53. The summed E-state index contributed by atoms with van der Waals surface area (Å²) in [5, 5.41) is 0. The number of rotatable bonds is 3. The maximum Gasteiger partial charge on any atom is 0.180 e. The number of alkyl halides is 1. The first-order valence-corrected chi connectivity index (χ1v) is 6.88. The number of carbonyl (C=O) groups excluding carboxylic acids is 1. The molecule has 0 aliphatic rings. The van der Waals surface area contributed by atoms with Crippen LogP contribution in [0.5, 0.6) is 0 Å². The average Bonchev–Trinajstić information content (AvgIpc) is 2.39. The molecule has 0 radical (unpaired) electrons. The number of hydrogen-bond donors (Lipinski definition) is 0. The second-order valence-corrected chi connectivity index (χ2v) is 5.48. The van der Waals surface area contributed by atoms with Crippen LogP contribution in [0, 0.1) is 0 Å². The van der Waals surface area contributed by atoms with Crippen molar-refractivity contribution in [3.05, 3.63) is 70.2 Å². The molecule has 0 N–H and O–H groups in total. The topological polar surface area (TPSA) is 17.1 Å². The third-order valence-electron chi connectivity index (χ3n) is 2.45. The maximum absolute atomic E-state index is 12.2. The normalized spacial score (nSPS) is 12.1. The van der Waals surface area contributed by atoms with E-state index in [4.69, 9.17) is 0 Å². The van der Waals surface area contributed by atoms with E-state index in [2.05, 4.69) is 31.9 Å². The van der Waals surface area contributed by atoms with E-state index in [0.29, 0.717) is 5.56 Å². The number of Topliss-reactive ketones (excluding diaryl/α,β-unsaturated/α-hetero) is 1. The largest absolute Gasteiger partial charge is 0.293 e. The van der Waals surface area contributed by atoms with Crippen LogP contribution in [0.15, 0.2) is 59.1 Å². The van der Waals surface area contributed by atoms with Crippen molar-refractivity contribution in [3.63, 3.8) is 0 Å². The Kier molecular flexibility index (Phi) is 4.13. The highest BCUT2D eigenvalue weighted by atomic mass is 79.9. The van der Waals surface area contributed by atoms with Gasteiger partial charge in [0.1, 0.15) is 4.83 Å². The van der Waals surface area contributed by atoms with E-state index in [9.17, 15) is 4.79 Å². The predicted octanol–water partition coefficient (Wildman–Crippen LogP) is 4.77. The van der Waals surface area contributed by atoms with E-state index in [-0.39, 0.29) is 10.6 Å². The van der Waals surface area contributed by atoms with Crippen LogP contribution in [0.4, 0.5) is 0 Å². The van der Waals surface area contributed by atoms with Crippen molar-refractivity contribution in [2.45, 2.75) is 4.83 Å². The molecular formula is C14H10Br2O. The minimum Gasteiger partial charge on any atom is -0.293 e. The van der Waals surface area contributed by atoms with Crippen LogP contribution in [0.1, 0.15) is 20.7 Å². The first-order chi connectivity index (χ1) is 8.18. The lowest BCUT2D eigenvalue weighted by atomic mass is 10.0. The van der Waals surface area contributed by atoms with E-state index >= 15 is 0 Å². The summed E-state index contributed by atoms with van der Waals surface area (Å²) < 4.78 is 0.972. The summed E-state index contributed by atoms with van der Waals surface area (Å²) in [6, 6.07) is 17.1. The Labute approximate surface area is 117 Å². The second kappa shape index (κ2) is 5.61. The van der Waals surface area contributed by atoms with Gasteiger partial charge in [0, 0.05) is 10.0 Å². The van der Waals surface area contributed by atoms with Crippen molar-refractivity contribution in [1.29, 1.82) is 0 Å². The number of hydrogen-bond acceptors (Lipinski definition) is 1. The Morgan fingerprint density at radius 1 is 0.941 bits per heavy atom. The minimum atomic E-state index is -0.287. The van der Waals surface area contributed by atoms with Gasteiger partial charge >= 0.3 is 0 Å². The van der Waals surface area contributed by atoms with Gasteiger partial charge in [0.25, 0.3) is 0 Å². The van der Waals surface area contributed by atoms with Crippen molar-refractivity contribution in [1.82, 2.24) is 0 Å². The molecule has 0 saturated heterocycles. The first-order valence-electron chi connectivity index (χ1n) is 5.17. The zero-order valence-electron chi connectivity index (χ0n) is 8.94. The summed E-state index contributed by atoms with van der Waals surface area (Å²) in [6.07, 6.45) is 0.